The molecule has 0 radical (unpaired) electrons. The van der Waals surface area contributed by atoms with Gasteiger partial charge in [0.2, 0.25) is 5.91 Å². The van der Waals surface area contributed by atoms with Crippen LogP contribution >= 0.6 is 0 Å². The smallest absolute Gasteiger partial charge is 0.356 e. The summed E-state index contributed by atoms with van der Waals surface area (Å²) in [6.07, 6.45) is 1.80. The number of nitrogens with zero attached hydrogens (tertiary/aromatic N) is 2. The molecule has 3 aromatic rings. The van der Waals surface area contributed by atoms with Crippen molar-refractivity contribution in [3.63, 3.8) is 0 Å². The van der Waals surface area contributed by atoms with Crippen molar-refractivity contribution in [3.05, 3.63) is 47.8 Å². The summed E-state index contributed by atoms with van der Waals surface area (Å²) in [4.78, 5) is 29.0. The Balaban J connectivity index is 1.87. The molecule has 170 valence electrons. The number of aryl methyl sites for hydroxylation is 1. The molecular weight excluding hydrogens is 412 g/mol. The van der Waals surface area contributed by atoms with Crippen LogP contribution in [0.3, 0.4) is 0 Å². The van der Waals surface area contributed by atoms with Gasteiger partial charge in [0.1, 0.15) is 18.0 Å². The first-order chi connectivity index (χ1) is 15.3. The van der Waals surface area contributed by atoms with Gasteiger partial charge in [-0.2, -0.15) is 0 Å². The third kappa shape index (κ3) is 5.17. The number of carbonyl (C=O) groups is 2. The number of hydrogen-bond acceptors (Lipinski definition) is 7. The van der Waals surface area contributed by atoms with Gasteiger partial charge in [-0.3, -0.25) is 4.79 Å². The quantitative estimate of drug-likeness (QED) is 0.492. The van der Waals surface area contributed by atoms with E-state index < -0.39 is 5.97 Å². The number of methoxy groups -OCH3 is 2. The van der Waals surface area contributed by atoms with Gasteiger partial charge in [0.25, 0.3) is 0 Å². The Hall–Kier alpha value is -3.59. The minimum Gasteiger partial charge on any atom is -0.491 e. The molecule has 1 aromatic carbocycles. The maximum Gasteiger partial charge on any atom is 0.356 e. The molecule has 3 rings (SSSR count). The number of fused-ring (bicyclic) bond motifs is 1. The fourth-order valence-corrected chi connectivity index (χ4v) is 3.34. The standard InChI is InChI=1S/C23H28N4O5/c1-14(2)32-17-8-6-15(7-9-17)11-24-16-10-18-20(26-19(28)13-30-4)21(23(29)31-5)27(3)22(18)25-12-16/h6-10,12,14,24H,11,13H2,1-5H3,(H,26,28). The zero-order valence-corrected chi connectivity index (χ0v) is 18.9. The van der Waals surface area contributed by atoms with E-state index in [0.29, 0.717) is 23.3 Å². The van der Waals surface area contributed by atoms with Gasteiger partial charge in [-0.1, -0.05) is 12.1 Å². The number of aromatic nitrogens is 2. The van der Waals surface area contributed by atoms with Gasteiger partial charge in [0.05, 0.1) is 30.8 Å². The molecule has 0 fully saturated rings. The summed E-state index contributed by atoms with van der Waals surface area (Å²) in [7, 11) is 4.41. The van der Waals surface area contributed by atoms with Crippen LogP contribution in [0.4, 0.5) is 11.4 Å². The Kier molecular flexibility index (Phi) is 7.32. The first-order valence-corrected chi connectivity index (χ1v) is 10.2. The highest BCUT2D eigenvalue weighted by Gasteiger charge is 2.24. The van der Waals surface area contributed by atoms with E-state index in [1.165, 1.54) is 14.2 Å². The van der Waals surface area contributed by atoms with Crippen LogP contribution in [-0.2, 0) is 27.9 Å². The highest BCUT2D eigenvalue weighted by Crippen LogP contribution is 2.32. The van der Waals surface area contributed by atoms with Crippen LogP contribution in [-0.4, -0.2) is 48.4 Å². The molecule has 9 heteroatoms. The molecule has 0 unspecified atom stereocenters. The maximum atomic E-state index is 12.4. The Morgan fingerprint density at radius 3 is 2.50 bits per heavy atom. The Bertz CT molecular complexity index is 1110. The second-order valence-corrected chi connectivity index (χ2v) is 7.51. The number of amides is 1. The molecule has 1 amide bonds. The van der Waals surface area contributed by atoms with Crippen molar-refractivity contribution < 1.29 is 23.8 Å². The minimum atomic E-state index is -0.573. The lowest BCUT2D eigenvalue weighted by molar-refractivity contribution is -0.119. The van der Waals surface area contributed by atoms with E-state index in [-0.39, 0.29) is 24.3 Å². The van der Waals surface area contributed by atoms with Crippen LogP contribution in [0.15, 0.2) is 36.5 Å². The van der Waals surface area contributed by atoms with Gasteiger partial charge in [-0.15, -0.1) is 0 Å². The summed E-state index contributed by atoms with van der Waals surface area (Å²) < 4.78 is 17.1. The highest BCUT2D eigenvalue weighted by atomic mass is 16.5. The number of nitrogens with one attached hydrogen (secondary N) is 2. The summed E-state index contributed by atoms with van der Waals surface area (Å²) in [5.41, 5.74) is 2.89. The highest BCUT2D eigenvalue weighted by molar-refractivity contribution is 6.11. The molecule has 0 aliphatic rings. The van der Waals surface area contributed by atoms with Crippen LogP contribution in [0.25, 0.3) is 11.0 Å². The lowest BCUT2D eigenvalue weighted by Gasteiger charge is -2.11. The van der Waals surface area contributed by atoms with Gasteiger partial charge in [0, 0.05) is 26.1 Å². The SMILES string of the molecule is COCC(=O)Nc1c(C(=O)OC)n(C)c2ncc(NCc3ccc(OC(C)C)cc3)cc12. The Labute approximate surface area is 186 Å². The van der Waals surface area contributed by atoms with Crippen LogP contribution < -0.4 is 15.4 Å². The molecule has 2 N–H and O–H groups in total. The molecule has 2 aromatic heterocycles. The largest absolute Gasteiger partial charge is 0.491 e. The molecule has 0 spiro atoms. The van der Waals surface area contributed by atoms with Crippen LogP contribution in [0.5, 0.6) is 5.75 Å². The second kappa shape index (κ2) is 10.1. The molecular formula is C23H28N4O5. The number of pyridine rings is 1. The lowest BCUT2D eigenvalue weighted by Crippen LogP contribution is -2.19. The number of carbonyl (C=O) groups excluding carboxylic acids is 2. The van der Waals surface area contributed by atoms with Crippen molar-refractivity contribution in [3.8, 4) is 5.75 Å². The first kappa shape index (κ1) is 23.1. The third-order valence-electron chi connectivity index (χ3n) is 4.74. The fraction of sp³-hybridized carbons (Fsp3) is 0.348. The normalized spacial score (nSPS) is 10.9. The number of hydrogen-bond donors (Lipinski definition) is 2. The number of rotatable bonds is 9. The lowest BCUT2D eigenvalue weighted by atomic mass is 10.2. The first-order valence-electron chi connectivity index (χ1n) is 10.2. The second-order valence-electron chi connectivity index (χ2n) is 7.51. The van der Waals surface area contributed by atoms with E-state index in [0.717, 1.165) is 17.0 Å². The van der Waals surface area contributed by atoms with Gasteiger partial charge in [-0.05, 0) is 37.6 Å². The zero-order chi connectivity index (χ0) is 23.3. The van der Waals surface area contributed by atoms with Gasteiger partial charge >= 0.3 is 5.97 Å². The Morgan fingerprint density at radius 2 is 1.88 bits per heavy atom. The van der Waals surface area contributed by atoms with Crippen molar-refractivity contribution in [1.82, 2.24) is 9.55 Å². The molecule has 2 heterocycles. The predicted molar refractivity (Wildman–Crippen MR) is 122 cm³/mol. The van der Waals surface area contributed by atoms with E-state index in [2.05, 4.69) is 15.6 Å². The number of ether oxygens (including phenoxy) is 3. The summed E-state index contributed by atoms with van der Waals surface area (Å²) in [6, 6.07) is 9.69. The molecule has 0 saturated carbocycles. The molecule has 9 nitrogen and oxygen atoms in total. The molecule has 0 aliphatic carbocycles. The van der Waals surface area contributed by atoms with E-state index in [1.807, 2.05) is 44.2 Å². The van der Waals surface area contributed by atoms with E-state index >= 15 is 0 Å². The number of anilines is 2. The topological polar surface area (TPSA) is 104 Å². The van der Waals surface area contributed by atoms with Gasteiger partial charge in [-0.25, -0.2) is 9.78 Å². The van der Waals surface area contributed by atoms with Crippen molar-refractivity contribution in [1.29, 1.82) is 0 Å². The summed E-state index contributed by atoms with van der Waals surface area (Å²) >= 11 is 0. The van der Waals surface area contributed by atoms with Crippen molar-refractivity contribution in [2.45, 2.75) is 26.5 Å². The van der Waals surface area contributed by atoms with Gasteiger partial charge < -0.3 is 29.4 Å². The van der Waals surface area contributed by atoms with Crippen molar-refractivity contribution >= 4 is 34.3 Å². The monoisotopic (exact) mass is 440 g/mol. The maximum absolute atomic E-state index is 12.4. The van der Waals surface area contributed by atoms with E-state index in [9.17, 15) is 9.59 Å². The van der Waals surface area contributed by atoms with Crippen LogP contribution in [0.1, 0.15) is 29.9 Å². The summed E-state index contributed by atoms with van der Waals surface area (Å²) in [5, 5.41) is 6.68. The summed E-state index contributed by atoms with van der Waals surface area (Å²) in [5.74, 6) is -0.133. The fourth-order valence-electron chi connectivity index (χ4n) is 3.34. The van der Waals surface area contributed by atoms with Crippen molar-refractivity contribution in [2.24, 2.45) is 7.05 Å². The number of esters is 1. The molecule has 0 saturated heterocycles. The predicted octanol–water partition coefficient (Wildman–Crippen LogP) is 3.34. The molecule has 0 atom stereocenters. The van der Waals surface area contributed by atoms with Crippen molar-refractivity contribution in [2.75, 3.05) is 31.5 Å². The minimum absolute atomic E-state index is 0.121. The summed E-state index contributed by atoms with van der Waals surface area (Å²) in [6.45, 7) is 4.40. The molecule has 32 heavy (non-hydrogen) atoms. The average molecular weight is 441 g/mol. The van der Waals surface area contributed by atoms with E-state index in [4.69, 9.17) is 14.2 Å². The number of benzene rings is 1. The average Bonchev–Trinajstić information content (AvgIpc) is 3.03. The third-order valence-corrected chi connectivity index (χ3v) is 4.74. The van der Waals surface area contributed by atoms with Crippen LogP contribution in [0.2, 0.25) is 0 Å². The molecule has 0 bridgehead atoms. The Morgan fingerprint density at radius 1 is 1.16 bits per heavy atom. The zero-order valence-electron chi connectivity index (χ0n) is 18.9. The van der Waals surface area contributed by atoms with Gasteiger partial charge in [0.15, 0.2) is 5.69 Å². The van der Waals surface area contributed by atoms with E-state index in [1.54, 1.807) is 17.8 Å². The molecule has 0 aliphatic heterocycles. The van der Waals surface area contributed by atoms with Crippen LogP contribution in [0, 0.1) is 0 Å².